The standard InChI is InChI=1S/C13H15NO2/c1-13(2,3)11-8-16-12(14-11)9-4-6-10(15)7-5-9/h4-8,15H,1-3H3. The Hall–Kier alpha value is -1.77. The summed E-state index contributed by atoms with van der Waals surface area (Å²) in [6.45, 7) is 6.27. The minimum atomic E-state index is -0.0152. The molecule has 0 unspecified atom stereocenters. The van der Waals surface area contributed by atoms with Crippen LogP contribution >= 0.6 is 0 Å². The highest BCUT2D eigenvalue weighted by Gasteiger charge is 2.19. The maximum atomic E-state index is 9.19. The molecule has 16 heavy (non-hydrogen) atoms. The molecule has 84 valence electrons. The van der Waals surface area contributed by atoms with Gasteiger partial charge >= 0.3 is 0 Å². The van der Waals surface area contributed by atoms with Crippen LogP contribution in [-0.2, 0) is 5.41 Å². The van der Waals surface area contributed by atoms with E-state index in [1.807, 2.05) is 0 Å². The van der Waals surface area contributed by atoms with Crippen molar-refractivity contribution in [1.82, 2.24) is 4.98 Å². The molecule has 0 aliphatic rings. The van der Waals surface area contributed by atoms with E-state index in [1.165, 1.54) is 0 Å². The summed E-state index contributed by atoms with van der Waals surface area (Å²) in [6.07, 6.45) is 1.68. The second-order valence-corrected chi connectivity index (χ2v) is 4.83. The predicted octanol–water partition coefficient (Wildman–Crippen LogP) is 3.34. The van der Waals surface area contributed by atoms with Gasteiger partial charge in [-0.25, -0.2) is 4.98 Å². The number of hydrogen-bond acceptors (Lipinski definition) is 3. The molecule has 0 saturated carbocycles. The Labute approximate surface area is 94.8 Å². The smallest absolute Gasteiger partial charge is 0.226 e. The van der Waals surface area contributed by atoms with Crippen molar-refractivity contribution < 1.29 is 9.52 Å². The average molecular weight is 217 g/mol. The molecule has 2 aromatic rings. The number of nitrogens with zero attached hydrogens (tertiary/aromatic N) is 1. The maximum Gasteiger partial charge on any atom is 0.226 e. The first kappa shape index (κ1) is 10.7. The maximum absolute atomic E-state index is 9.19. The molecule has 0 amide bonds. The third-order valence-corrected chi connectivity index (χ3v) is 2.39. The van der Waals surface area contributed by atoms with Crippen LogP contribution in [0, 0.1) is 0 Å². The van der Waals surface area contributed by atoms with E-state index in [-0.39, 0.29) is 11.2 Å². The van der Waals surface area contributed by atoms with Crippen molar-refractivity contribution in [2.45, 2.75) is 26.2 Å². The van der Waals surface area contributed by atoms with Gasteiger partial charge in [0.05, 0.1) is 5.69 Å². The zero-order valence-corrected chi connectivity index (χ0v) is 9.69. The van der Waals surface area contributed by atoms with Crippen LogP contribution in [0.1, 0.15) is 26.5 Å². The second kappa shape index (κ2) is 3.67. The average Bonchev–Trinajstić information content (AvgIpc) is 2.67. The molecular weight excluding hydrogens is 202 g/mol. The SMILES string of the molecule is CC(C)(C)c1coc(-c2ccc(O)cc2)n1. The van der Waals surface area contributed by atoms with Crippen LogP contribution in [0.5, 0.6) is 5.75 Å². The van der Waals surface area contributed by atoms with E-state index in [2.05, 4.69) is 25.8 Å². The van der Waals surface area contributed by atoms with E-state index in [4.69, 9.17) is 4.42 Å². The van der Waals surface area contributed by atoms with E-state index >= 15 is 0 Å². The van der Waals surface area contributed by atoms with Gasteiger partial charge in [-0.3, -0.25) is 0 Å². The Bertz CT molecular complexity index is 477. The Morgan fingerprint density at radius 1 is 1.12 bits per heavy atom. The van der Waals surface area contributed by atoms with Crippen molar-refractivity contribution in [2.75, 3.05) is 0 Å². The molecule has 1 heterocycles. The van der Waals surface area contributed by atoms with Crippen LogP contribution < -0.4 is 0 Å². The van der Waals surface area contributed by atoms with Crippen LogP contribution in [0.15, 0.2) is 34.9 Å². The van der Waals surface area contributed by atoms with E-state index in [9.17, 15) is 5.11 Å². The lowest BCUT2D eigenvalue weighted by atomic mass is 9.93. The quantitative estimate of drug-likeness (QED) is 0.796. The van der Waals surface area contributed by atoms with E-state index in [0.29, 0.717) is 5.89 Å². The Balaban J connectivity index is 2.35. The molecule has 1 aromatic carbocycles. The van der Waals surface area contributed by atoms with Gasteiger partial charge in [0, 0.05) is 11.0 Å². The van der Waals surface area contributed by atoms with Gasteiger partial charge in [0.1, 0.15) is 12.0 Å². The first-order valence-electron chi connectivity index (χ1n) is 5.22. The van der Waals surface area contributed by atoms with Gasteiger partial charge in [0.15, 0.2) is 0 Å². The summed E-state index contributed by atoms with van der Waals surface area (Å²) in [5.74, 6) is 0.830. The molecule has 1 N–H and O–H groups in total. The molecule has 0 aliphatic heterocycles. The van der Waals surface area contributed by atoms with Crippen LogP contribution in [0.3, 0.4) is 0 Å². The summed E-state index contributed by atoms with van der Waals surface area (Å²) >= 11 is 0. The molecule has 3 heteroatoms. The number of phenols is 1. The lowest BCUT2D eigenvalue weighted by Crippen LogP contribution is -2.11. The largest absolute Gasteiger partial charge is 0.508 e. The third kappa shape index (κ3) is 2.08. The molecule has 0 radical (unpaired) electrons. The van der Waals surface area contributed by atoms with Crippen molar-refractivity contribution in [1.29, 1.82) is 0 Å². The molecule has 1 aromatic heterocycles. The van der Waals surface area contributed by atoms with Crippen molar-refractivity contribution in [2.24, 2.45) is 0 Å². The summed E-state index contributed by atoms with van der Waals surface area (Å²) in [4.78, 5) is 4.43. The minimum Gasteiger partial charge on any atom is -0.508 e. The number of oxazole rings is 1. The second-order valence-electron chi connectivity index (χ2n) is 4.83. The molecule has 3 nitrogen and oxygen atoms in total. The predicted molar refractivity (Wildman–Crippen MR) is 62.3 cm³/mol. The first-order valence-corrected chi connectivity index (χ1v) is 5.22. The Morgan fingerprint density at radius 3 is 2.25 bits per heavy atom. The van der Waals surface area contributed by atoms with E-state index in [1.54, 1.807) is 30.5 Å². The lowest BCUT2D eigenvalue weighted by molar-refractivity contribution is 0.475. The molecular formula is C13H15NO2. The zero-order valence-electron chi connectivity index (χ0n) is 9.69. The van der Waals surface area contributed by atoms with Gasteiger partial charge in [-0.1, -0.05) is 20.8 Å². The number of benzene rings is 1. The van der Waals surface area contributed by atoms with Gasteiger partial charge in [-0.05, 0) is 24.3 Å². The molecule has 0 atom stereocenters. The van der Waals surface area contributed by atoms with Crippen LogP contribution in [0.2, 0.25) is 0 Å². The summed E-state index contributed by atoms with van der Waals surface area (Å²) in [5, 5.41) is 9.19. The van der Waals surface area contributed by atoms with Crippen LogP contribution in [-0.4, -0.2) is 10.1 Å². The van der Waals surface area contributed by atoms with Gasteiger partial charge in [-0.15, -0.1) is 0 Å². The Kier molecular flexibility index (Phi) is 2.46. The van der Waals surface area contributed by atoms with Crippen molar-refractivity contribution >= 4 is 0 Å². The normalized spacial score (nSPS) is 11.7. The summed E-state index contributed by atoms with van der Waals surface area (Å²) < 4.78 is 5.42. The molecule has 0 spiro atoms. The highest BCUT2D eigenvalue weighted by molar-refractivity contribution is 5.54. The van der Waals surface area contributed by atoms with Gasteiger partial charge < -0.3 is 9.52 Å². The molecule has 2 rings (SSSR count). The van der Waals surface area contributed by atoms with Gasteiger partial charge in [0.2, 0.25) is 5.89 Å². The highest BCUT2D eigenvalue weighted by Crippen LogP contribution is 2.26. The van der Waals surface area contributed by atoms with Gasteiger partial charge in [-0.2, -0.15) is 0 Å². The van der Waals surface area contributed by atoms with Crippen LogP contribution in [0.25, 0.3) is 11.5 Å². The van der Waals surface area contributed by atoms with Crippen molar-refractivity contribution in [3.05, 3.63) is 36.2 Å². The molecule has 0 bridgehead atoms. The van der Waals surface area contributed by atoms with Crippen molar-refractivity contribution in [3.8, 4) is 17.2 Å². The third-order valence-electron chi connectivity index (χ3n) is 2.39. The number of phenolic OH excluding ortho intramolecular Hbond substituents is 1. The first-order chi connectivity index (χ1) is 7.47. The summed E-state index contributed by atoms with van der Waals surface area (Å²) in [5.41, 5.74) is 1.78. The van der Waals surface area contributed by atoms with Gasteiger partial charge in [0.25, 0.3) is 0 Å². The number of hydrogen-bond donors (Lipinski definition) is 1. The summed E-state index contributed by atoms with van der Waals surface area (Å²) in [7, 11) is 0. The Morgan fingerprint density at radius 2 is 1.75 bits per heavy atom. The monoisotopic (exact) mass is 217 g/mol. The topological polar surface area (TPSA) is 46.3 Å². The molecule has 0 saturated heterocycles. The van der Waals surface area contributed by atoms with E-state index in [0.717, 1.165) is 11.3 Å². The minimum absolute atomic E-state index is 0.0152. The number of aromatic hydroxyl groups is 1. The fraction of sp³-hybridized carbons (Fsp3) is 0.308. The fourth-order valence-corrected chi connectivity index (χ4v) is 1.35. The van der Waals surface area contributed by atoms with Crippen LogP contribution in [0.4, 0.5) is 0 Å². The molecule has 0 aliphatic carbocycles. The summed E-state index contributed by atoms with van der Waals surface area (Å²) in [6, 6.07) is 6.81. The highest BCUT2D eigenvalue weighted by atomic mass is 16.3. The van der Waals surface area contributed by atoms with E-state index < -0.39 is 0 Å². The number of rotatable bonds is 1. The lowest BCUT2D eigenvalue weighted by Gasteiger charge is -2.12. The number of aromatic nitrogens is 1. The fourth-order valence-electron chi connectivity index (χ4n) is 1.35. The van der Waals surface area contributed by atoms with Crippen molar-refractivity contribution in [3.63, 3.8) is 0 Å². The zero-order chi connectivity index (χ0) is 11.8. The molecule has 0 fully saturated rings.